The lowest BCUT2D eigenvalue weighted by atomic mass is 9.98. The number of rotatable bonds is 2. The van der Waals surface area contributed by atoms with Crippen molar-refractivity contribution in [3.63, 3.8) is 0 Å². The number of benzene rings is 2. The highest BCUT2D eigenvalue weighted by Gasteiger charge is 2.19. The third-order valence-electron chi connectivity index (χ3n) is 2.54. The van der Waals surface area contributed by atoms with Gasteiger partial charge in [-0.1, -0.05) is 22.0 Å². The third kappa shape index (κ3) is 2.54. The molecular formula is C14H6BrF2NO. The highest BCUT2D eigenvalue weighted by Crippen LogP contribution is 2.21. The molecule has 0 saturated carbocycles. The summed E-state index contributed by atoms with van der Waals surface area (Å²) >= 11 is 3.13. The van der Waals surface area contributed by atoms with E-state index in [0.29, 0.717) is 4.47 Å². The lowest BCUT2D eigenvalue weighted by molar-refractivity contribution is 0.103. The molecule has 0 aliphatic rings. The molecule has 94 valence electrons. The van der Waals surface area contributed by atoms with E-state index in [1.165, 1.54) is 24.3 Å². The second kappa shape index (κ2) is 5.29. The van der Waals surface area contributed by atoms with Crippen LogP contribution >= 0.6 is 15.9 Å². The third-order valence-corrected chi connectivity index (χ3v) is 3.04. The molecule has 0 radical (unpaired) electrons. The van der Waals surface area contributed by atoms with E-state index in [9.17, 15) is 13.6 Å². The minimum atomic E-state index is -0.802. The zero-order valence-corrected chi connectivity index (χ0v) is 11.0. The van der Waals surface area contributed by atoms with Gasteiger partial charge in [-0.15, -0.1) is 0 Å². The largest absolute Gasteiger partial charge is 0.288 e. The summed E-state index contributed by atoms with van der Waals surface area (Å²) in [5, 5.41) is 8.87. The molecule has 0 bridgehead atoms. The molecule has 0 atom stereocenters. The van der Waals surface area contributed by atoms with Crippen LogP contribution in [0.25, 0.3) is 0 Å². The number of carbonyl (C=O) groups is 1. The Morgan fingerprint density at radius 2 is 1.84 bits per heavy atom. The van der Waals surface area contributed by atoms with Gasteiger partial charge >= 0.3 is 0 Å². The summed E-state index contributed by atoms with van der Waals surface area (Å²) in [6.45, 7) is 0. The van der Waals surface area contributed by atoms with E-state index in [1.54, 1.807) is 6.07 Å². The molecule has 0 aromatic heterocycles. The monoisotopic (exact) mass is 321 g/mol. The molecule has 2 aromatic carbocycles. The first-order chi connectivity index (χ1) is 9.04. The topological polar surface area (TPSA) is 40.9 Å². The molecule has 5 heteroatoms. The molecule has 0 aliphatic carbocycles. The number of nitriles is 1. The highest BCUT2D eigenvalue weighted by atomic mass is 79.9. The van der Waals surface area contributed by atoms with Crippen LogP contribution in [0.5, 0.6) is 0 Å². The second-order valence-corrected chi connectivity index (χ2v) is 4.64. The Morgan fingerprint density at radius 3 is 2.53 bits per heavy atom. The fraction of sp³-hybridized carbons (Fsp3) is 0. The van der Waals surface area contributed by atoms with Gasteiger partial charge in [-0.25, -0.2) is 8.78 Å². The zero-order chi connectivity index (χ0) is 14.0. The average Bonchev–Trinajstić information content (AvgIpc) is 2.40. The number of carbonyl (C=O) groups excluding carboxylic acids is 1. The Kier molecular flexibility index (Phi) is 3.72. The van der Waals surface area contributed by atoms with E-state index in [2.05, 4.69) is 15.9 Å². The average molecular weight is 322 g/mol. The molecule has 0 heterocycles. The van der Waals surface area contributed by atoms with Crippen LogP contribution in [0.4, 0.5) is 8.78 Å². The first kappa shape index (κ1) is 13.4. The van der Waals surface area contributed by atoms with Gasteiger partial charge in [-0.05, 0) is 30.3 Å². The van der Waals surface area contributed by atoms with Crippen molar-refractivity contribution in [3.8, 4) is 6.07 Å². The van der Waals surface area contributed by atoms with Crippen LogP contribution < -0.4 is 0 Å². The van der Waals surface area contributed by atoms with Gasteiger partial charge in [0.2, 0.25) is 0 Å². The van der Waals surface area contributed by atoms with E-state index in [1.807, 2.05) is 0 Å². The van der Waals surface area contributed by atoms with Crippen LogP contribution in [-0.4, -0.2) is 5.78 Å². The van der Waals surface area contributed by atoms with E-state index in [0.717, 1.165) is 12.1 Å². The van der Waals surface area contributed by atoms with Crippen molar-refractivity contribution in [1.29, 1.82) is 5.26 Å². The molecule has 0 saturated heterocycles. The zero-order valence-electron chi connectivity index (χ0n) is 9.45. The van der Waals surface area contributed by atoms with Crippen molar-refractivity contribution in [2.45, 2.75) is 0 Å². The molecule has 0 amide bonds. The van der Waals surface area contributed by atoms with Gasteiger partial charge in [-0.2, -0.15) is 5.26 Å². The summed E-state index contributed by atoms with van der Waals surface area (Å²) in [5.74, 6) is -2.25. The van der Waals surface area contributed by atoms with Gasteiger partial charge in [0.15, 0.2) is 5.78 Å². The molecular weight excluding hydrogens is 316 g/mol. The molecule has 2 aromatic rings. The molecule has 2 nitrogen and oxygen atoms in total. The van der Waals surface area contributed by atoms with E-state index in [4.69, 9.17) is 5.26 Å². The fourth-order valence-electron chi connectivity index (χ4n) is 1.64. The number of ketones is 1. The maximum Gasteiger partial charge on any atom is 0.197 e. The molecule has 19 heavy (non-hydrogen) atoms. The predicted molar refractivity (Wildman–Crippen MR) is 68.6 cm³/mol. The molecule has 0 N–H and O–H groups in total. The minimum absolute atomic E-state index is 0.153. The quantitative estimate of drug-likeness (QED) is 0.789. The summed E-state index contributed by atoms with van der Waals surface area (Å²) in [7, 11) is 0. The van der Waals surface area contributed by atoms with Crippen molar-refractivity contribution in [2.24, 2.45) is 0 Å². The summed E-state index contributed by atoms with van der Waals surface area (Å²) < 4.78 is 27.6. The number of hydrogen-bond donors (Lipinski definition) is 0. The summed E-state index contributed by atoms with van der Waals surface area (Å²) in [4.78, 5) is 12.2. The van der Waals surface area contributed by atoms with Gasteiger partial charge in [0.05, 0.1) is 11.1 Å². The number of nitrogens with zero attached hydrogens (tertiary/aromatic N) is 1. The van der Waals surface area contributed by atoms with Gasteiger partial charge in [0.1, 0.15) is 17.7 Å². The van der Waals surface area contributed by atoms with Crippen molar-refractivity contribution < 1.29 is 13.6 Å². The van der Waals surface area contributed by atoms with Gasteiger partial charge < -0.3 is 0 Å². The molecule has 0 unspecified atom stereocenters. The van der Waals surface area contributed by atoms with Crippen molar-refractivity contribution >= 4 is 21.7 Å². The van der Waals surface area contributed by atoms with Gasteiger partial charge in [0, 0.05) is 10.0 Å². The first-order valence-corrected chi connectivity index (χ1v) is 6.02. The van der Waals surface area contributed by atoms with Crippen molar-refractivity contribution in [3.05, 3.63) is 69.2 Å². The first-order valence-electron chi connectivity index (χ1n) is 5.23. The van der Waals surface area contributed by atoms with Crippen LogP contribution in [-0.2, 0) is 0 Å². The van der Waals surface area contributed by atoms with Gasteiger partial charge in [-0.3, -0.25) is 4.79 Å². The summed E-state index contributed by atoms with van der Waals surface area (Å²) in [6, 6.07) is 9.17. The second-order valence-electron chi connectivity index (χ2n) is 3.73. The highest BCUT2D eigenvalue weighted by molar-refractivity contribution is 9.10. The van der Waals surface area contributed by atoms with Crippen LogP contribution in [0.2, 0.25) is 0 Å². The lowest BCUT2D eigenvalue weighted by Crippen LogP contribution is -2.07. The number of halogens is 3. The van der Waals surface area contributed by atoms with Crippen LogP contribution in [0, 0.1) is 23.0 Å². The summed E-state index contributed by atoms with van der Waals surface area (Å²) in [5.41, 5.74) is -0.747. The molecule has 0 aliphatic heterocycles. The normalized spacial score (nSPS) is 10.0. The van der Waals surface area contributed by atoms with E-state index < -0.39 is 17.4 Å². The van der Waals surface area contributed by atoms with Crippen molar-refractivity contribution in [1.82, 2.24) is 0 Å². The van der Waals surface area contributed by atoms with E-state index in [-0.39, 0.29) is 16.7 Å². The molecule has 0 fully saturated rings. The molecule has 2 rings (SSSR count). The Hall–Kier alpha value is -2.06. The Bertz CT molecular complexity index is 707. The Labute approximate surface area is 116 Å². The summed E-state index contributed by atoms with van der Waals surface area (Å²) in [6.07, 6.45) is 0. The van der Waals surface area contributed by atoms with Crippen molar-refractivity contribution in [2.75, 3.05) is 0 Å². The molecule has 0 spiro atoms. The SMILES string of the molecule is N#Cc1c(F)cccc1C(=O)c1cc(Br)ccc1F. The smallest absolute Gasteiger partial charge is 0.197 e. The maximum atomic E-state index is 13.6. The predicted octanol–water partition coefficient (Wildman–Crippen LogP) is 3.83. The minimum Gasteiger partial charge on any atom is -0.288 e. The van der Waals surface area contributed by atoms with Gasteiger partial charge in [0.25, 0.3) is 0 Å². The standard InChI is InChI=1S/C14H6BrF2NO/c15-8-4-5-13(17)10(6-8)14(19)9-2-1-3-12(16)11(9)7-18/h1-6H. The fourth-order valence-corrected chi connectivity index (χ4v) is 2.00. The van der Waals surface area contributed by atoms with Crippen LogP contribution in [0.15, 0.2) is 40.9 Å². The Balaban J connectivity index is 2.60. The van der Waals surface area contributed by atoms with Crippen LogP contribution in [0.1, 0.15) is 21.5 Å². The Morgan fingerprint density at radius 1 is 1.11 bits per heavy atom. The van der Waals surface area contributed by atoms with Crippen LogP contribution in [0.3, 0.4) is 0 Å². The lowest BCUT2D eigenvalue weighted by Gasteiger charge is -2.05. The maximum absolute atomic E-state index is 13.6. The number of hydrogen-bond acceptors (Lipinski definition) is 2. The van der Waals surface area contributed by atoms with E-state index >= 15 is 0 Å².